The summed E-state index contributed by atoms with van der Waals surface area (Å²) in [4.78, 5) is 15.2. The van der Waals surface area contributed by atoms with Crippen LogP contribution in [0, 0.1) is 0 Å². The molecule has 15 heavy (non-hydrogen) atoms. The molecule has 1 aromatic heterocycles. The van der Waals surface area contributed by atoms with Crippen molar-refractivity contribution >= 4 is 16.9 Å². The molecule has 0 fully saturated rings. The van der Waals surface area contributed by atoms with Crippen LogP contribution >= 0.6 is 0 Å². The van der Waals surface area contributed by atoms with Gasteiger partial charge >= 0.3 is 5.97 Å². The average Bonchev–Trinajstić information content (AvgIpc) is 2.26. The van der Waals surface area contributed by atoms with Gasteiger partial charge in [-0.15, -0.1) is 0 Å². The maximum absolute atomic E-state index is 11.0. The Kier molecular flexibility index (Phi) is 1.62. The average molecular weight is 201 g/mol. The van der Waals surface area contributed by atoms with Gasteiger partial charge in [0.1, 0.15) is 0 Å². The van der Waals surface area contributed by atoms with Crippen molar-refractivity contribution in [2.75, 3.05) is 6.61 Å². The Balaban J connectivity index is 2.24. The first-order valence-corrected chi connectivity index (χ1v) is 4.55. The molecule has 1 aliphatic heterocycles. The van der Waals surface area contributed by atoms with E-state index in [0.29, 0.717) is 11.5 Å². The second-order valence-electron chi connectivity index (χ2n) is 3.26. The van der Waals surface area contributed by atoms with E-state index in [9.17, 15) is 4.79 Å². The third-order valence-electron chi connectivity index (χ3n) is 2.24. The highest BCUT2D eigenvalue weighted by molar-refractivity contribution is 5.85. The lowest BCUT2D eigenvalue weighted by Crippen LogP contribution is -2.22. The molecule has 4 heteroatoms. The third-order valence-corrected chi connectivity index (χ3v) is 2.24. The highest BCUT2D eigenvalue weighted by Crippen LogP contribution is 2.33. The van der Waals surface area contributed by atoms with E-state index in [1.54, 1.807) is 18.3 Å². The minimum absolute atomic E-state index is 0.0364. The molecule has 0 bridgehead atoms. The summed E-state index contributed by atoms with van der Waals surface area (Å²) < 4.78 is 10.3. The molecule has 4 nitrogen and oxygen atoms in total. The van der Waals surface area contributed by atoms with Gasteiger partial charge in [-0.2, -0.15) is 0 Å². The molecule has 0 aliphatic carbocycles. The number of nitrogens with zero attached hydrogens (tertiary/aromatic N) is 1. The Morgan fingerprint density at radius 3 is 3.13 bits per heavy atom. The largest absolute Gasteiger partial charge is 0.478 e. The van der Waals surface area contributed by atoms with Crippen molar-refractivity contribution in [1.82, 2.24) is 4.98 Å². The van der Waals surface area contributed by atoms with Gasteiger partial charge in [0.25, 0.3) is 0 Å². The second kappa shape index (κ2) is 2.95. The zero-order chi connectivity index (χ0) is 10.3. The molecular weight excluding hydrogens is 194 g/mol. The summed E-state index contributed by atoms with van der Waals surface area (Å²) in [7, 11) is 0. The van der Waals surface area contributed by atoms with Crippen LogP contribution in [0.2, 0.25) is 0 Å². The van der Waals surface area contributed by atoms with E-state index in [2.05, 4.69) is 4.98 Å². The van der Waals surface area contributed by atoms with Crippen LogP contribution in [0.4, 0.5) is 0 Å². The van der Waals surface area contributed by atoms with E-state index in [-0.39, 0.29) is 12.6 Å². The van der Waals surface area contributed by atoms with E-state index in [4.69, 9.17) is 9.47 Å². The fourth-order valence-corrected chi connectivity index (χ4v) is 1.56. The lowest BCUT2D eigenvalue weighted by molar-refractivity contribution is -0.138. The summed E-state index contributed by atoms with van der Waals surface area (Å²) in [5, 5.41) is 0.926. The summed E-state index contributed by atoms with van der Waals surface area (Å²) in [6.07, 6.45) is 1.71. The van der Waals surface area contributed by atoms with E-state index >= 15 is 0 Å². The number of aromatic nitrogens is 1. The first-order chi connectivity index (χ1) is 7.33. The summed E-state index contributed by atoms with van der Waals surface area (Å²) in [5.41, 5.74) is 0.828. The fourth-order valence-electron chi connectivity index (χ4n) is 1.56. The number of rotatable bonds is 0. The Morgan fingerprint density at radius 2 is 2.20 bits per heavy atom. The molecule has 1 aliphatic rings. The molecular formula is C11H7NO3. The van der Waals surface area contributed by atoms with Gasteiger partial charge in [-0.1, -0.05) is 6.07 Å². The van der Waals surface area contributed by atoms with Crippen molar-refractivity contribution in [3.8, 4) is 11.5 Å². The van der Waals surface area contributed by atoms with Crippen molar-refractivity contribution in [2.45, 2.75) is 0 Å². The van der Waals surface area contributed by atoms with Crippen LogP contribution in [0.3, 0.4) is 0 Å². The number of fused-ring (bicyclic) bond motifs is 2. The Bertz CT molecular complexity index is 551. The highest BCUT2D eigenvalue weighted by atomic mass is 16.6. The monoisotopic (exact) mass is 201 g/mol. The maximum Gasteiger partial charge on any atom is 0.349 e. The molecule has 0 saturated heterocycles. The number of esters is 1. The highest BCUT2D eigenvalue weighted by Gasteiger charge is 2.18. The van der Waals surface area contributed by atoms with Crippen LogP contribution in [0.15, 0.2) is 30.5 Å². The van der Waals surface area contributed by atoms with Gasteiger partial charge in [0.15, 0.2) is 18.1 Å². The Labute approximate surface area is 85.4 Å². The maximum atomic E-state index is 11.0. The zero-order valence-corrected chi connectivity index (χ0v) is 7.77. The lowest BCUT2D eigenvalue weighted by Gasteiger charge is -2.16. The second-order valence-corrected chi connectivity index (χ2v) is 3.26. The molecule has 0 unspecified atom stereocenters. The molecule has 0 atom stereocenters. The van der Waals surface area contributed by atoms with Crippen LogP contribution in [-0.4, -0.2) is 17.6 Å². The van der Waals surface area contributed by atoms with Crippen molar-refractivity contribution < 1.29 is 14.3 Å². The summed E-state index contributed by atoms with van der Waals surface area (Å²) in [6, 6.07) is 7.27. The van der Waals surface area contributed by atoms with Crippen molar-refractivity contribution in [3.63, 3.8) is 0 Å². The predicted molar refractivity (Wildman–Crippen MR) is 52.9 cm³/mol. The van der Waals surface area contributed by atoms with Gasteiger partial charge in [0.05, 0.1) is 5.52 Å². The third kappa shape index (κ3) is 1.30. The Morgan fingerprint density at radius 1 is 1.27 bits per heavy atom. The van der Waals surface area contributed by atoms with Crippen molar-refractivity contribution in [2.24, 2.45) is 0 Å². The van der Waals surface area contributed by atoms with Gasteiger partial charge in [-0.25, -0.2) is 4.79 Å². The zero-order valence-electron chi connectivity index (χ0n) is 7.77. The topological polar surface area (TPSA) is 48.4 Å². The molecule has 1 aromatic carbocycles. The van der Waals surface area contributed by atoms with Gasteiger partial charge < -0.3 is 9.47 Å². The quantitative estimate of drug-likeness (QED) is 0.479. The van der Waals surface area contributed by atoms with Crippen LogP contribution in [0.25, 0.3) is 10.9 Å². The molecule has 2 heterocycles. The van der Waals surface area contributed by atoms with Crippen LogP contribution in [-0.2, 0) is 4.79 Å². The standard InChI is InChI=1S/C11H7NO3/c13-11-6-14-9-5-8-7(2-1-3-12-8)4-10(9)15-11/h1-5H,6H2. The fraction of sp³-hybridized carbons (Fsp3) is 0.0909. The molecule has 0 saturated carbocycles. The molecule has 0 amide bonds. The number of carbonyl (C=O) groups excluding carboxylic acids is 1. The minimum atomic E-state index is -0.370. The SMILES string of the molecule is O=C1COc2cc3ncccc3cc2O1. The van der Waals surface area contributed by atoms with Gasteiger partial charge in [0, 0.05) is 17.6 Å². The minimum Gasteiger partial charge on any atom is -0.478 e. The normalized spacial score (nSPS) is 14.3. The molecule has 0 radical (unpaired) electrons. The van der Waals surface area contributed by atoms with E-state index in [1.807, 2.05) is 12.1 Å². The first-order valence-electron chi connectivity index (χ1n) is 4.55. The van der Waals surface area contributed by atoms with Crippen LogP contribution < -0.4 is 9.47 Å². The summed E-state index contributed by atoms with van der Waals surface area (Å²) >= 11 is 0. The predicted octanol–water partition coefficient (Wildman–Crippen LogP) is 1.53. The van der Waals surface area contributed by atoms with Crippen molar-refractivity contribution in [1.29, 1.82) is 0 Å². The van der Waals surface area contributed by atoms with E-state index < -0.39 is 0 Å². The van der Waals surface area contributed by atoms with Gasteiger partial charge in [-0.05, 0) is 12.1 Å². The van der Waals surface area contributed by atoms with Crippen LogP contribution in [0.5, 0.6) is 11.5 Å². The smallest absolute Gasteiger partial charge is 0.349 e. The number of hydrogen-bond acceptors (Lipinski definition) is 4. The first kappa shape index (κ1) is 8.23. The summed E-state index contributed by atoms with van der Waals surface area (Å²) in [5.74, 6) is 0.665. The molecule has 0 N–H and O–H groups in total. The molecule has 2 aromatic rings. The number of ether oxygens (including phenoxy) is 2. The number of pyridine rings is 1. The number of hydrogen-bond donors (Lipinski definition) is 0. The van der Waals surface area contributed by atoms with E-state index in [0.717, 1.165) is 10.9 Å². The molecule has 0 spiro atoms. The number of benzene rings is 1. The molecule has 3 rings (SSSR count). The number of carbonyl (C=O) groups is 1. The van der Waals surface area contributed by atoms with Crippen LogP contribution in [0.1, 0.15) is 0 Å². The lowest BCUT2D eigenvalue weighted by atomic mass is 10.2. The van der Waals surface area contributed by atoms with Gasteiger partial charge in [-0.3, -0.25) is 4.98 Å². The van der Waals surface area contributed by atoms with E-state index in [1.165, 1.54) is 0 Å². The summed E-state index contributed by atoms with van der Waals surface area (Å²) in [6.45, 7) is -0.0364. The van der Waals surface area contributed by atoms with Gasteiger partial charge in [0.2, 0.25) is 0 Å². The molecule has 74 valence electrons. The Hall–Kier alpha value is -2.10. The van der Waals surface area contributed by atoms with Crippen molar-refractivity contribution in [3.05, 3.63) is 30.5 Å².